The third-order valence-corrected chi connectivity index (χ3v) is 6.81. The molecule has 0 aromatic heterocycles. The Morgan fingerprint density at radius 1 is 0.828 bits per heavy atom. The van der Waals surface area contributed by atoms with E-state index in [1.54, 1.807) is 12.1 Å². The van der Waals surface area contributed by atoms with Crippen LogP contribution in [0, 0.1) is 0 Å². The minimum absolute atomic E-state index is 0.258. The number of hydrogen-bond acceptors (Lipinski definition) is 3. The van der Waals surface area contributed by atoms with Gasteiger partial charge in [-0.1, -0.05) is 41.9 Å². The van der Waals surface area contributed by atoms with Crippen molar-refractivity contribution in [2.45, 2.75) is 24.2 Å². The summed E-state index contributed by atoms with van der Waals surface area (Å²) in [7, 11) is -3.63. The molecule has 0 aliphatic carbocycles. The van der Waals surface area contributed by atoms with Gasteiger partial charge in [0.25, 0.3) is 10.0 Å². The maximum absolute atomic E-state index is 12.8. The second-order valence-electron chi connectivity index (χ2n) is 7.29. The van der Waals surface area contributed by atoms with Gasteiger partial charge >= 0.3 is 0 Å². The van der Waals surface area contributed by atoms with Crippen molar-refractivity contribution in [1.29, 1.82) is 0 Å². The highest BCUT2D eigenvalue weighted by molar-refractivity contribution is 7.92. The molecular weight excluding hydrogens is 404 g/mol. The summed E-state index contributed by atoms with van der Waals surface area (Å²) in [5.41, 5.74) is 5.26. The first kappa shape index (κ1) is 20.0. The Kier molecular flexibility index (Phi) is 5.90. The largest absolute Gasteiger partial charge is 0.316 e. The molecule has 0 unspecified atom stereocenters. The van der Waals surface area contributed by atoms with Crippen LogP contribution in [0.2, 0.25) is 5.02 Å². The van der Waals surface area contributed by atoms with E-state index >= 15 is 0 Å². The van der Waals surface area contributed by atoms with Crippen LogP contribution in [0.3, 0.4) is 0 Å². The van der Waals surface area contributed by atoms with Crippen LogP contribution in [0.15, 0.2) is 71.6 Å². The van der Waals surface area contributed by atoms with Gasteiger partial charge in [-0.05, 0) is 91.0 Å². The van der Waals surface area contributed by atoms with Crippen molar-refractivity contribution in [2.75, 3.05) is 17.8 Å². The molecule has 0 saturated heterocycles. The summed E-state index contributed by atoms with van der Waals surface area (Å²) < 4.78 is 28.3. The van der Waals surface area contributed by atoms with E-state index in [9.17, 15) is 8.42 Å². The molecule has 3 aromatic carbocycles. The average molecular weight is 427 g/mol. The third kappa shape index (κ3) is 4.99. The second kappa shape index (κ2) is 8.57. The van der Waals surface area contributed by atoms with Gasteiger partial charge in [0.2, 0.25) is 0 Å². The first-order valence-corrected chi connectivity index (χ1v) is 11.5. The van der Waals surface area contributed by atoms with Crippen molar-refractivity contribution in [1.82, 2.24) is 5.32 Å². The highest BCUT2D eigenvalue weighted by Gasteiger charge is 2.16. The number of hydrogen-bond donors (Lipinski definition) is 2. The minimum Gasteiger partial charge on any atom is -0.316 e. The average Bonchev–Trinajstić information content (AvgIpc) is 2.95. The van der Waals surface area contributed by atoms with E-state index in [4.69, 9.17) is 11.6 Å². The molecule has 4 rings (SSSR count). The van der Waals surface area contributed by atoms with Crippen molar-refractivity contribution in [2.24, 2.45) is 0 Å². The highest BCUT2D eigenvalue weighted by atomic mass is 35.5. The van der Waals surface area contributed by atoms with Gasteiger partial charge in [-0.3, -0.25) is 4.72 Å². The zero-order valence-corrected chi connectivity index (χ0v) is 17.6. The Balaban J connectivity index is 1.48. The van der Waals surface area contributed by atoms with E-state index in [-0.39, 0.29) is 4.90 Å². The molecule has 0 fully saturated rings. The molecule has 1 heterocycles. The lowest BCUT2D eigenvalue weighted by Gasteiger charge is -2.12. The van der Waals surface area contributed by atoms with Gasteiger partial charge in [-0.15, -0.1) is 0 Å². The van der Waals surface area contributed by atoms with Gasteiger partial charge in [0.1, 0.15) is 0 Å². The summed E-state index contributed by atoms with van der Waals surface area (Å²) in [6.45, 7) is 1.87. The predicted molar refractivity (Wildman–Crippen MR) is 118 cm³/mol. The number of sulfonamides is 1. The molecule has 2 N–H and O–H groups in total. The topological polar surface area (TPSA) is 58.2 Å². The quantitative estimate of drug-likeness (QED) is 0.634. The van der Waals surface area contributed by atoms with E-state index < -0.39 is 10.0 Å². The lowest BCUT2D eigenvalue weighted by atomic mass is 10.0. The molecule has 0 radical (unpaired) electrons. The van der Waals surface area contributed by atoms with Crippen LogP contribution in [-0.4, -0.2) is 21.5 Å². The molecule has 1 aliphatic rings. The molecule has 1 aliphatic heterocycles. The van der Waals surface area contributed by atoms with Gasteiger partial charge in [0, 0.05) is 10.7 Å². The summed E-state index contributed by atoms with van der Waals surface area (Å²) in [6.07, 6.45) is 2.60. The zero-order valence-electron chi connectivity index (χ0n) is 16.0. The fraction of sp³-hybridized carbons (Fsp3) is 0.217. The smallest absolute Gasteiger partial charge is 0.261 e. The molecule has 0 bridgehead atoms. The van der Waals surface area contributed by atoms with Crippen LogP contribution in [-0.2, 0) is 29.3 Å². The summed E-state index contributed by atoms with van der Waals surface area (Å²) in [4.78, 5) is 0.258. The van der Waals surface area contributed by atoms with Crippen LogP contribution in [0.1, 0.15) is 22.3 Å². The van der Waals surface area contributed by atoms with Crippen molar-refractivity contribution in [3.8, 4) is 0 Å². The van der Waals surface area contributed by atoms with Crippen molar-refractivity contribution >= 4 is 27.3 Å². The lowest BCUT2D eigenvalue weighted by molar-refractivity contribution is 0.601. The normalized spacial score (nSPS) is 14.1. The molecule has 3 aromatic rings. The number of benzene rings is 3. The van der Waals surface area contributed by atoms with Crippen LogP contribution in [0.4, 0.5) is 5.69 Å². The number of fused-ring (bicyclic) bond motifs is 1. The molecular formula is C23H23ClN2O2S. The highest BCUT2D eigenvalue weighted by Crippen LogP contribution is 2.22. The van der Waals surface area contributed by atoms with Gasteiger partial charge in [0.05, 0.1) is 4.90 Å². The Morgan fingerprint density at radius 2 is 1.45 bits per heavy atom. The fourth-order valence-electron chi connectivity index (χ4n) is 3.58. The molecule has 0 saturated carbocycles. The molecule has 29 heavy (non-hydrogen) atoms. The van der Waals surface area contributed by atoms with Crippen LogP contribution < -0.4 is 10.0 Å². The van der Waals surface area contributed by atoms with Crippen LogP contribution in [0.5, 0.6) is 0 Å². The van der Waals surface area contributed by atoms with Gasteiger partial charge in [0.15, 0.2) is 0 Å². The Hall–Kier alpha value is -2.34. The van der Waals surface area contributed by atoms with Crippen LogP contribution >= 0.6 is 11.6 Å². The van der Waals surface area contributed by atoms with E-state index in [0.717, 1.165) is 43.5 Å². The van der Waals surface area contributed by atoms with Gasteiger partial charge in [-0.25, -0.2) is 8.42 Å². The lowest BCUT2D eigenvalue weighted by Crippen LogP contribution is -2.16. The first-order chi connectivity index (χ1) is 14.0. The predicted octanol–water partition coefficient (Wildman–Crippen LogP) is 4.42. The maximum Gasteiger partial charge on any atom is 0.261 e. The Morgan fingerprint density at radius 3 is 2.14 bits per heavy atom. The SMILES string of the molecule is O=S(=O)(Nc1ccc2c(c1)CCNCC2)c1ccc(Cc2ccc(Cl)cc2)cc1. The van der Waals surface area contributed by atoms with Crippen molar-refractivity contribution in [3.63, 3.8) is 0 Å². The zero-order chi connectivity index (χ0) is 20.3. The summed E-state index contributed by atoms with van der Waals surface area (Å²) in [6, 6.07) is 20.5. The number of halogens is 1. The third-order valence-electron chi connectivity index (χ3n) is 5.16. The monoisotopic (exact) mass is 426 g/mol. The van der Waals surface area contributed by atoms with E-state index in [2.05, 4.69) is 10.0 Å². The standard InChI is InChI=1S/C23H23ClN2O2S/c24-21-6-1-17(2-7-21)15-18-3-9-23(10-4-18)29(27,28)26-22-8-5-19-11-13-25-14-12-20(19)16-22/h1-10,16,25-26H,11-15H2. The molecule has 6 heteroatoms. The number of anilines is 1. The maximum atomic E-state index is 12.8. The fourth-order valence-corrected chi connectivity index (χ4v) is 4.75. The van der Waals surface area contributed by atoms with E-state index in [1.165, 1.54) is 11.1 Å². The number of nitrogens with one attached hydrogen (secondary N) is 2. The molecule has 0 amide bonds. The Labute approximate surface area is 177 Å². The second-order valence-corrected chi connectivity index (χ2v) is 9.41. The Bertz CT molecular complexity index is 1090. The molecule has 150 valence electrons. The summed E-state index contributed by atoms with van der Waals surface area (Å²) in [5.74, 6) is 0. The first-order valence-electron chi connectivity index (χ1n) is 9.68. The van der Waals surface area contributed by atoms with E-state index in [1.807, 2.05) is 54.6 Å². The summed E-state index contributed by atoms with van der Waals surface area (Å²) >= 11 is 5.92. The number of rotatable bonds is 5. The molecule has 0 atom stereocenters. The van der Waals surface area contributed by atoms with Gasteiger partial charge in [-0.2, -0.15) is 0 Å². The van der Waals surface area contributed by atoms with Crippen LogP contribution in [0.25, 0.3) is 0 Å². The summed E-state index contributed by atoms with van der Waals surface area (Å²) in [5, 5.41) is 4.07. The molecule has 0 spiro atoms. The minimum atomic E-state index is -3.63. The van der Waals surface area contributed by atoms with E-state index in [0.29, 0.717) is 10.7 Å². The van der Waals surface area contributed by atoms with Gasteiger partial charge < -0.3 is 5.32 Å². The molecule has 4 nitrogen and oxygen atoms in total. The van der Waals surface area contributed by atoms with Crippen molar-refractivity contribution in [3.05, 3.63) is 94.0 Å². The van der Waals surface area contributed by atoms with Crippen molar-refractivity contribution < 1.29 is 8.42 Å².